The third-order valence-electron chi connectivity index (χ3n) is 3.72. The topological polar surface area (TPSA) is 109 Å². The fourth-order valence-electron chi connectivity index (χ4n) is 2.30. The number of aromatic nitrogens is 1. The molecule has 0 spiro atoms. The number of carbonyl (C=O) groups excluding carboxylic acids is 4. The highest BCUT2D eigenvalue weighted by molar-refractivity contribution is 6.36. The van der Waals surface area contributed by atoms with Crippen LogP contribution in [0.4, 0.5) is 10.6 Å². The lowest BCUT2D eigenvalue weighted by atomic mass is 10.3. The molecule has 1 aliphatic rings. The molecule has 1 N–H and O–H groups in total. The van der Waals surface area contributed by atoms with Crippen LogP contribution in [0.5, 0.6) is 0 Å². The Bertz CT molecular complexity index is 786. The Labute approximate surface area is 165 Å². The van der Waals surface area contributed by atoms with E-state index in [-0.39, 0.29) is 42.7 Å². The second-order valence-electron chi connectivity index (χ2n) is 5.88. The van der Waals surface area contributed by atoms with Crippen molar-refractivity contribution in [3.8, 4) is 0 Å². The quantitative estimate of drug-likeness (QED) is 0.536. The van der Waals surface area contributed by atoms with Crippen molar-refractivity contribution in [3.63, 3.8) is 0 Å². The van der Waals surface area contributed by atoms with Crippen molar-refractivity contribution in [2.24, 2.45) is 0 Å². The average molecular weight is 417 g/mol. The summed E-state index contributed by atoms with van der Waals surface area (Å²) in [5.74, 6) is -1.41. The van der Waals surface area contributed by atoms with E-state index in [1.807, 2.05) is 0 Å². The minimum absolute atomic E-state index is 0.0320. The minimum Gasteiger partial charge on any atom is -0.456 e. The molecule has 0 bridgehead atoms. The summed E-state index contributed by atoms with van der Waals surface area (Å²) in [4.78, 5) is 53.3. The van der Waals surface area contributed by atoms with E-state index in [0.29, 0.717) is 10.7 Å². The van der Waals surface area contributed by atoms with Crippen molar-refractivity contribution >= 4 is 52.8 Å². The van der Waals surface area contributed by atoms with Crippen molar-refractivity contribution in [2.45, 2.75) is 19.8 Å². The summed E-state index contributed by atoms with van der Waals surface area (Å²) in [6, 6.07) is 1.06. The molecule has 11 heteroatoms. The average Bonchev–Trinajstić information content (AvgIpc) is 2.84. The Morgan fingerprint density at radius 3 is 2.63 bits per heavy atom. The number of nitrogens with zero attached hydrogens (tertiary/aromatic N) is 3. The maximum absolute atomic E-state index is 11.8. The molecule has 1 fully saturated rings. The first-order valence-electron chi connectivity index (χ1n) is 8.02. The van der Waals surface area contributed by atoms with Crippen LogP contribution >= 0.6 is 23.2 Å². The molecule has 0 radical (unpaired) electrons. The zero-order valence-electron chi connectivity index (χ0n) is 14.8. The molecule has 1 aromatic heterocycles. The standard InChI is InChI=1S/C16H18Cl2N4O5/c1-9-10(17)6-11(18)15(19-9)20-12(23)8-27-14(25)4-3-5-22-13(24)7-21(2)16(22)26/h6H,3-5,7-8H2,1-2H3,(H,19,20,23). The summed E-state index contributed by atoms with van der Waals surface area (Å²) in [6.07, 6.45) is 0.211. The van der Waals surface area contributed by atoms with Gasteiger partial charge in [0.15, 0.2) is 12.4 Å². The van der Waals surface area contributed by atoms with Crippen LogP contribution in [0.3, 0.4) is 0 Å². The number of likely N-dealkylation sites (N-methyl/N-ethyl adjacent to an activating group) is 1. The predicted octanol–water partition coefficient (Wildman–Crippen LogP) is 1.85. The number of imide groups is 1. The second kappa shape index (κ2) is 9.01. The molecular formula is C16H18Cl2N4O5. The highest BCUT2D eigenvalue weighted by Crippen LogP contribution is 2.25. The van der Waals surface area contributed by atoms with Crippen molar-refractivity contribution in [2.75, 3.05) is 32.1 Å². The normalized spacial score (nSPS) is 13.9. The van der Waals surface area contributed by atoms with Crippen LogP contribution in [-0.2, 0) is 19.1 Å². The maximum Gasteiger partial charge on any atom is 0.326 e. The molecule has 4 amide bonds. The van der Waals surface area contributed by atoms with Gasteiger partial charge in [0.05, 0.1) is 15.7 Å². The number of esters is 1. The smallest absolute Gasteiger partial charge is 0.326 e. The van der Waals surface area contributed by atoms with Gasteiger partial charge in [-0.05, 0) is 19.4 Å². The van der Waals surface area contributed by atoms with E-state index in [2.05, 4.69) is 10.3 Å². The van der Waals surface area contributed by atoms with E-state index in [4.69, 9.17) is 27.9 Å². The number of anilines is 1. The van der Waals surface area contributed by atoms with E-state index in [0.717, 1.165) is 4.90 Å². The van der Waals surface area contributed by atoms with E-state index in [1.165, 1.54) is 18.0 Å². The van der Waals surface area contributed by atoms with Crippen LogP contribution < -0.4 is 5.32 Å². The highest BCUT2D eigenvalue weighted by atomic mass is 35.5. The van der Waals surface area contributed by atoms with Gasteiger partial charge < -0.3 is 15.0 Å². The number of rotatable bonds is 7. The lowest BCUT2D eigenvalue weighted by Crippen LogP contribution is -2.32. The van der Waals surface area contributed by atoms with Gasteiger partial charge in [0.2, 0.25) is 5.91 Å². The highest BCUT2D eigenvalue weighted by Gasteiger charge is 2.32. The van der Waals surface area contributed by atoms with E-state index in [9.17, 15) is 19.2 Å². The van der Waals surface area contributed by atoms with Crippen LogP contribution in [0.1, 0.15) is 18.5 Å². The molecule has 2 heterocycles. The van der Waals surface area contributed by atoms with E-state index in [1.54, 1.807) is 6.92 Å². The molecule has 1 aromatic rings. The van der Waals surface area contributed by atoms with E-state index >= 15 is 0 Å². The van der Waals surface area contributed by atoms with Crippen LogP contribution in [0, 0.1) is 6.92 Å². The predicted molar refractivity (Wildman–Crippen MR) is 97.6 cm³/mol. The van der Waals surface area contributed by atoms with Gasteiger partial charge in [0, 0.05) is 20.0 Å². The van der Waals surface area contributed by atoms with Crippen LogP contribution in [0.2, 0.25) is 10.0 Å². The number of aryl methyl sites for hydroxylation is 1. The fraction of sp³-hybridized carbons (Fsp3) is 0.438. The molecule has 0 saturated carbocycles. The summed E-state index contributed by atoms with van der Waals surface area (Å²) in [7, 11) is 1.52. The van der Waals surface area contributed by atoms with Crippen LogP contribution in [-0.4, -0.2) is 65.3 Å². The van der Waals surface area contributed by atoms with Gasteiger partial charge in [0.1, 0.15) is 6.54 Å². The summed E-state index contributed by atoms with van der Waals surface area (Å²) in [5, 5.41) is 2.96. The Hall–Kier alpha value is -2.39. The number of carbonyl (C=O) groups is 4. The molecule has 0 aliphatic carbocycles. The molecule has 0 unspecified atom stereocenters. The summed E-state index contributed by atoms with van der Waals surface area (Å²) in [6.45, 7) is 1.29. The lowest BCUT2D eigenvalue weighted by molar-refractivity contribution is -0.147. The first kappa shape index (κ1) is 20.9. The summed E-state index contributed by atoms with van der Waals surface area (Å²) < 4.78 is 4.86. The first-order chi connectivity index (χ1) is 12.7. The Morgan fingerprint density at radius 2 is 2.00 bits per heavy atom. The molecule has 146 valence electrons. The largest absolute Gasteiger partial charge is 0.456 e. The molecule has 9 nitrogen and oxygen atoms in total. The molecule has 1 aliphatic heterocycles. The van der Waals surface area contributed by atoms with Crippen molar-refractivity contribution in [3.05, 3.63) is 21.8 Å². The number of urea groups is 1. The summed E-state index contributed by atoms with van der Waals surface area (Å²) >= 11 is 11.8. The van der Waals surface area contributed by atoms with Crippen LogP contribution in [0.15, 0.2) is 6.07 Å². The molecule has 0 aromatic carbocycles. The SMILES string of the molecule is Cc1nc(NC(=O)COC(=O)CCCN2C(=O)CN(C)C2=O)c(Cl)cc1Cl. The monoisotopic (exact) mass is 416 g/mol. The van der Waals surface area contributed by atoms with Crippen molar-refractivity contribution < 1.29 is 23.9 Å². The number of pyridine rings is 1. The third kappa shape index (κ3) is 5.54. The lowest BCUT2D eigenvalue weighted by Gasteiger charge is -2.13. The number of nitrogens with one attached hydrogen (secondary N) is 1. The van der Waals surface area contributed by atoms with Gasteiger partial charge >= 0.3 is 12.0 Å². The molecule has 1 saturated heterocycles. The van der Waals surface area contributed by atoms with Gasteiger partial charge in [-0.3, -0.25) is 19.3 Å². The number of amides is 4. The van der Waals surface area contributed by atoms with Crippen LogP contribution in [0.25, 0.3) is 0 Å². The van der Waals surface area contributed by atoms with Gasteiger partial charge in [-0.2, -0.15) is 0 Å². The second-order valence-corrected chi connectivity index (χ2v) is 6.70. The number of hydrogen-bond acceptors (Lipinski definition) is 6. The minimum atomic E-state index is -0.621. The molecule has 27 heavy (non-hydrogen) atoms. The number of hydrogen-bond donors (Lipinski definition) is 1. The van der Waals surface area contributed by atoms with Gasteiger partial charge in [-0.15, -0.1) is 0 Å². The van der Waals surface area contributed by atoms with Gasteiger partial charge in [0.25, 0.3) is 5.91 Å². The Kier molecular flexibility index (Phi) is 6.98. The van der Waals surface area contributed by atoms with Gasteiger partial charge in [-0.25, -0.2) is 9.78 Å². The molecule has 2 rings (SSSR count). The van der Waals surface area contributed by atoms with E-state index < -0.39 is 24.5 Å². The molecular weight excluding hydrogens is 399 g/mol. The Morgan fingerprint density at radius 1 is 1.30 bits per heavy atom. The third-order valence-corrected chi connectivity index (χ3v) is 4.39. The molecule has 0 atom stereocenters. The maximum atomic E-state index is 11.8. The Balaban J connectivity index is 1.72. The fourth-order valence-corrected chi connectivity index (χ4v) is 2.71. The number of halogens is 2. The zero-order valence-corrected chi connectivity index (χ0v) is 16.3. The van der Waals surface area contributed by atoms with Crippen molar-refractivity contribution in [1.82, 2.24) is 14.8 Å². The zero-order chi connectivity index (χ0) is 20.1. The van der Waals surface area contributed by atoms with Gasteiger partial charge in [-0.1, -0.05) is 23.2 Å². The first-order valence-corrected chi connectivity index (χ1v) is 8.78. The summed E-state index contributed by atoms with van der Waals surface area (Å²) in [5.41, 5.74) is 0.491. The number of ether oxygens (including phenoxy) is 1. The van der Waals surface area contributed by atoms with Crippen molar-refractivity contribution in [1.29, 1.82) is 0 Å².